The fraction of sp³-hybridized carbons (Fsp3) is 0.192. The van der Waals surface area contributed by atoms with Crippen LogP contribution in [0.25, 0.3) is 11.1 Å². The SMILES string of the molecule is O=C(Nc1cccc(C(=O)N[C@@H](CCO)C(=O)O)c1F)OCC1c2ccccc2-c2ccccc21. The van der Waals surface area contributed by atoms with E-state index in [2.05, 4.69) is 10.6 Å². The Bertz CT molecular complexity index is 1230. The Kier molecular flexibility index (Phi) is 7.07. The number of rotatable bonds is 8. The zero-order valence-electron chi connectivity index (χ0n) is 18.5. The standard InChI is InChI=1S/C26H23FN2O6/c27-23-19(24(31)28-22(12-13-30)25(32)33)10-5-11-21(23)29-26(34)35-14-20-17-8-3-1-6-15(17)16-7-2-4-9-18(16)20/h1-11,20,22,30H,12-14H2,(H,28,31)(H,29,34)(H,32,33)/t22-/m0/s1. The number of hydrogen-bond acceptors (Lipinski definition) is 5. The zero-order valence-corrected chi connectivity index (χ0v) is 18.5. The number of hydrogen-bond donors (Lipinski definition) is 4. The van der Waals surface area contributed by atoms with Crippen molar-refractivity contribution in [2.24, 2.45) is 0 Å². The first-order valence-corrected chi connectivity index (χ1v) is 11.0. The molecule has 35 heavy (non-hydrogen) atoms. The third-order valence-corrected chi connectivity index (χ3v) is 5.84. The Morgan fingerprint density at radius 1 is 0.943 bits per heavy atom. The van der Waals surface area contributed by atoms with Crippen molar-refractivity contribution in [2.75, 3.05) is 18.5 Å². The van der Waals surface area contributed by atoms with Crippen molar-refractivity contribution in [1.82, 2.24) is 5.32 Å². The Balaban J connectivity index is 1.44. The molecule has 0 radical (unpaired) electrons. The first-order valence-electron chi connectivity index (χ1n) is 11.0. The van der Waals surface area contributed by atoms with Gasteiger partial charge < -0.3 is 20.3 Å². The van der Waals surface area contributed by atoms with Gasteiger partial charge in [-0.15, -0.1) is 0 Å². The number of halogens is 1. The second-order valence-electron chi connectivity index (χ2n) is 7.99. The van der Waals surface area contributed by atoms with Gasteiger partial charge in [0, 0.05) is 18.9 Å². The highest BCUT2D eigenvalue weighted by Gasteiger charge is 2.29. The van der Waals surface area contributed by atoms with Crippen molar-refractivity contribution in [2.45, 2.75) is 18.4 Å². The summed E-state index contributed by atoms with van der Waals surface area (Å²) in [5.41, 5.74) is 3.46. The van der Waals surface area contributed by atoms with Crippen molar-refractivity contribution >= 4 is 23.7 Å². The van der Waals surface area contributed by atoms with Gasteiger partial charge in [0.15, 0.2) is 5.82 Å². The molecule has 0 saturated heterocycles. The third-order valence-electron chi connectivity index (χ3n) is 5.84. The number of carboxylic acids is 1. The number of fused-ring (bicyclic) bond motifs is 3. The van der Waals surface area contributed by atoms with Crippen LogP contribution in [0.5, 0.6) is 0 Å². The summed E-state index contributed by atoms with van der Waals surface area (Å²) < 4.78 is 20.3. The van der Waals surface area contributed by atoms with Crippen molar-refractivity contribution < 1.29 is 33.7 Å². The van der Waals surface area contributed by atoms with Gasteiger partial charge in [-0.3, -0.25) is 10.1 Å². The minimum absolute atomic E-state index is 0.0309. The van der Waals surface area contributed by atoms with Crippen LogP contribution in [-0.2, 0) is 9.53 Å². The molecule has 4 N–H and O–H groups in total. The van der Waals surface area contributed by atoms with E-state index in [0.29, 0.717) is 0 Å². The molecule has 4 rings (SSSR count). The van der Waals surface area contributed by atoms with E-state index in [1.807, 2.05) is 48.5 Å². The van der Waals surface area contributed by atoms with E-state index in [9.17, 15) is 18.8 Å². The minimum atomic E-state index is -1.38. The number of benzene rings is 3. The predicted octanol–water partition coefficient (Wildman–Crippen LogP) is 3.75. The molecular formula is C26H23FN2O6. The average molecular weight is 478 g/mol. The van der Waals surface area contributed by atoms with E-state index in [0.717, 1.165) is 28.3 Å². The van der Waals surface area contributed by atoms with Crippen LogP contribution in [-0.4, -0.2) is 47.4 Å². The number of anilines is 1. The molecular weight excluding hydrogens is 455 g/mol. The molecule has 1 aliphatic carbocycles. The summed E-state index contributed by atoms with van der Waals surface area (Å²) in [7, 11) is 0. The Morgan fingerprint density at radius 3 is 2.17 bits per heavy atom. The van der Waals surface area contributed by atoms with Crippen molar-refractivity contribution in [3.8, 4) is 11.1 Å². The number of nitrogens with one attached hydrogen (secondary N) is 2. The average Bonchev–Trinajstić information content (AvgIpc) is 3.17. The number of amides is 2. The van der Waals surface area contributed by atoms with E-state index in [-0.39, 0.29) is 24.6 Å². The number of carbonyl (C=O) groups excluding carboxylic acids is 2. The molecule has 0 bridgehead atoms. The number of carbonyl (C=O) groups is 3. The van der Waals surface area contributed by atoms with Gasteiger partial charge >= 0.3 is 12.1 Å². The van der Waals surface area contributed by atoms with Gasteiger partial charge in [-0.05, 0) is 34.4 Å². The maximum absolute atomic E-state index is 14.9. The normalized spacial score (nSPS) is 12.9. The molecule has 1 atom stereocenters. The first-order chi connectivity index (χ1) is 16.9. The van der Waals surface area contributed by atoms with Gasteiger partial charge in [0.2, 0.25) is 0 Å². The molecule has 0 fully saturated rings. The summed E-state index contributed by atoms with van der Waals surface area (Å²) in [5.74, 6) is -3.55. The van der Waals surface area contributed by atoms with Crippen LogP contribution in [0.4, 0.5) is 14.9 Å². The number of aliphatic carboxylic acids is 1. The third kappa shape index (κ3) is 4.99. The number of aliphatic hydroxyl groups is 1. The maximum Gasteiger partial charge on any atom is 0.411 e. The Morgan fingerprint density at radius 2 is 1.57 bits per heavy atom. The molecule has 180 valence electrons. The van der Waals surface area contributed by atoms with Gasteiger partial charge in [0.05, 0.1) is 11.3 Å². The van der Waals surface area contributed by atoms with Gasteiger partial charge in [0.25, 0.3) is 5.91 Å². The summed E-state index contributed by atoms with van der Waals surface area (Å²) in [6, 6.07) is 18.1. The largest absolute Gasteiger partial charge is 0.480 e. The first kappa shape index (κ1) is 23.9. The fourth-order valence-corrected chi connectivity index (χ4v) is 4.17. The second-order valence-corrected chi connectivity index (χ2v) is 7.99. The highest BCUT2D eigenvalue weighted by Crippen LogP contribution is 2.44. The molecule has 0 aromatic heterocycles. The van der Waals surface area contributed by atoms with Gasteiger partial charge in [-0.1, -0.05) is 54.6 Å². The number of aliphatic hydroxyl groups excluding tert-OH is 1. The minimum Gasteiger partial charge on any atom is -0.480 e. The number of ether oxygens (including phenoxy) is 1. The van der Waals surface area contributed by atoms with Gasteiger partial charge in [0.1, 0.15) is 12.6 Å². The van der Waals surface area contributed by atoms with Crippen LogP contribution in [0.3, 0.4) is 0 Å². The van der Waals surface area contributed by atoms with E-state index in [4.69, 9.17) is 14.9 Å². The van der Waals surface area contributed by atoms with Crippen LogP contribution in [0, 0.1) is 5.82 Å². The summed E-state index contributed by atoms with van der Waals surface area (Å²) in [5, 5.41) is 22.5. The van der Waals surface area contributed by atoms with Crippen LogP contribution in [0.15, 0.2) is 66.7 Å². The molecule has 3 aromatic rings. The predicted molar refractivity (Wildman–Crippen MR) is 126 cm³/mol. The quantitative estimate of drug-likeness (QED) is 0.391. The van der Waals surface area contributed by atoms with Crippen LogP contribution >= 0.6 is 0 Å². The van der Waals surface area contributed by atoms with E-state index < -0.39 is 42.0 Å². The number of carboxylic acid groups (broad SMARTS) is 1. The molecule has 0 spiro atoms. The molecule has 0 unspecified atom stereocenters. The van der Waals surface area contributed by atoms with Crippen LogP contribution < -0.4 is 10.6 Å². The van der Waals surface area contributed by atoms with E-state index in [1.165, 1.54) is 12.1 Å². The summed E-state index contributed by atoms with van der Waals surface area (Å²) >= 11 is 0. The fourth-order valence-electron chi connectivity index (χ4n) is 4.17. The summed E-state index contributed by atoms with van der Waals surface area (Å²) in [6.45, 7) is -0.438. The Hall–Kier alpha value is -4.24. The summed E-state index contributed by atoms with van der Waals surface area (Å²) in [4.78, 5) is 36.1. The lowest BCUT2D eigenvalue weighted by atomic mass is 9.98. The topological polar surface area (TPSA) is 125 Å². The van der Waals surface area contributed by atoms with E-state index >= 15 is 0 Å². The lowest BCUT2D eigenvalue weighted by Crippen LogP contribution is -2.41. The van der Waals surface area contributed by atoms with Crippen molar-refractivity contribution in [3.63, 3.8) is 0 Å². The molecule has 8 nitrogen and oxygen atoms in total. The highest BCUT2D eigenvalue weighted by atomic mass is 19.1. The van der Waals surface area contributed by atoms with Crippen molar-refractivity contribution in [1.29, 1.82) is 0 Å². The lowest BCUT2D eigenvalue weighted by Gasteiger charge is -2.16. The Labute approximate surface area is 200 Å². The van der Waals surface area contributed by atoms with Crippen molar-refractivity contribution in [3.05, 3.63) is 89.2 Å². The maximum atomic E-state index is 14.9. The second kappa shape index (κ2) is 10.4. The summed E-state index contributed by atoms with van der Waals surface area (Å²) in [6.07, 6.45) is -1.13. The molecule has 1 aliphatic rings. The molecule has 3 aromatic carbocycles. The molecule has 9 heteroatoms. The molecule has 2 amide bonds. The zero-order chi connectivity index (χ0) is 24.9. The van der Waals surface area contributed by atoms with Crippen LogP contribution in [0.2, 0.25) is 0 Å². The van der Waals surface area contributed by atoms with Gasteiger partial charge in [-0.2, -0.15) is 0 Å². The lowest BCUT2D eigenvalue weighted by molar-refractivity contribution is -0.139. The smallest absolute Gasteiger partial charge is 0.411 e. The monoisotopic (exact) mass is 478 g/mol. The van der Waals surface area contributed by atoms with Gasteiger partial charge in [-0.25, -0.2) is 14.0 Å². The molecule has 0 saturated carbocycles. The molecule has 0 heterocycles. The molecule has 0 aliphatic heterocycles. The highest BCUT2D eigenvalue weighted by molar-refractivity contribution is 5.98. The van der Waals surface area contributed by atoms with Crippen LogP contribution in [0.1, 0.15) is 33.8 Å². The van der Waals surface area contributed by atoms with E-state index in [1.54, 1.807) is 0 Å².